The number of hydrogen-bond donors (Lipinski definition) is 0. The minimum Gasteiger partial charge on any atom is -0.259 e. The highest BCUT2D eigenvalue weighted by Crippen LogP contribution is 2.14. The molecule has 0 aromatic heterocycles. The van der Waals surface area contributed by atoms with Crippen LogP contribution in [0.2, 0.25) is 0 Å². The van der Waals surface area contributed by atoms with Gasteiger partial charge in [-0.1, -0.05) is 24.3 Å². The van der Waals surface area contributed by atoms with Crippen molar-refractivity contribution in [1.82, 2.24) is 0 Å². The Kier molecular flexibility index (Phi) is 2.97. The van der Waals surface area contributed by atoms with E-state index in [1.807, 2.05) is 0 Å². The Hall–Kier alpha value is -2.15. The molecule has 1 rings (SSSR count). The fraction of sp³-hybridized carbons (Fsp3) is 0.100. The van der Waals surface area contributed by atoms with Gasteiger partial charge in [-0.3, -0.25) is 10.1 Å². The smallest absolute Gasteiger partial charge is 0.243 e. The van der Waals surface area contributed by atoms with E-state index >= 15 is 0 Å². The molecule has 4 nitrogen and oxygen atoms in total. The van der Waals surface area contributed by atoms with Gasteiger partial charge in [-0.2, -0.15) is 0 Å². The molecule has 0 aliphatic rings. The molecule has 4 heteroatoms. The summed E-state index contributed by atoms with van der Waals surface area (Å²) < 4.78 is 0. The van der Waals surface area contributed by atoms with Crippen LogP contribution in [0.15, 0.2) is 30.0 Å². The Bertz CT molecular complexity index is 413. The maximum absolute atomic E-state index is 10.3. The van der Waals surface area contributed by atoms with Gasteiger partial charge in [-0.05, 0) is 5.56 Å². The molecule has 1 aromatic carbocycles. The third kappa shape index (κ3) is 2.42. The fourth-order valence-electron chi connectivity index (χ4n) is 0.939. The Morgan fingerprint density at radius 3 is 2.50 bits per heavy atom. The minimum absolute atomic E-state index is 0.0839. The Morgan fingerprint density at radius 1 is 1.50 bits per heavy atom. The molecule has 0 bridgehead atoms. The standard InChI is InChI=1S/C10H8N2O2/c1-8(12(13)14)7-9-3-5-10(11-2)6-4-9/h3-7H,1H3. The van der Waals surface area contributed by atoms with E-state index in [2.05, 4.69) is 4.85 Å². The second-order valence-corrected chi connectivity index (χ2v) is 2.75. The predicted molar refractivity (Wildman–Crippen MR) is 53.3 cm³/mol. The number of allylic oxidation sites excluding steroid dienone is 1. The van der Waals surface area contributed by atoms with Crippen LogP contribution in [0, 0.1) is 16.7 Å². The van der Waals surface area contributed by atoms with Crippen molar-refractivity contribution in [3.05, 3.63) is 57.1 Å². The summed E-state index contributed by atoms with van der Waals surface area (Å²) in [6.45, 7) is 8.16. The summed E-state index contributed by atoms with van der Waals surface area (Å²) in [5.74, 6) is 0. The topological polar surface area (TPSA) is 47.5 Å². The fourth-order valence-corrected chi connectivity index (χ4v) is 0.939. The molecule has 70 valence electrons. The van der Waals surface area contributed by atoms with Crippen LogP contribution >= 0.6 is 0 Å². The molecular weight excluding hydrogens is 180 g/mol. The first-order valence-corrected chi connectivity index (χ1v) is 3.93. The van der Waals surface area contributed by atoms with Gasteiger partial charge in [0, 0.05) is 13.0 Å². The first-order chi connectivity index (χ1) is 6.63. The van der Waals surface area contributed by atoms with Crippen LogP contribution in [0.3, 0.4) is 0 Å². The van der Waals surface area contributed by atoms with Crippen LogP contribution < -0.4 is 0 Å². The van der Waals surface area contributed by atoms with E-state index in [0.717, 1.165) is 5.56 Å². The number of benzene rings is 1. The molecule has 0 unspecified atom stereocenters. The average Bonchev–Trinajstić information content (AvgIpc) is 2.19. The van der Waals surface area contributed by atoms with Crippen LogP contribution in [0.4, 0.5) is 5.69 Å². The molecule has 0 heterocycles. The molecule has 0 aliphatic heterocycles. The first-order valence-electron chi connectivity index (χ1n) is 3.93. The summed E-state index contributed by atoms with van der Waals surface area (Å²) in [6.07, 6.45) is 1.47. The number of hydrogen-bond acceptors (Lipinski definition) is 2. The SMILES string of the molecule is [C-]#[N+]c1ccc(C=C(C)[N+](=O)[O-])cc1. The molecule has 0 saturated carbocycles. The number of nitro groups is 1. The largest absolute Gasteiger partial charge is 0.259 e. The maximum atomic E-state index is 10.3. The van der Waals surface area contributed by atoms with E-state index in [-0.39, 0.29) is 5.70 Å². The van der Waals surface area contributed by atoms with Crippen LogP contribution in [0.5, 0.6) is 0 Å². The van der Waals surface area contributed by atoms with Crippen molar-refractivity contribution in [3.8, 4) is 0 Å². The van der Waals surface area contributed by atoms with Gasteiger partial charge in [0.15, 0.2) is 5.69 Å². The molecule has 1 aromatic rings. The summed E-state index contributed by atoms with van der Waals surface area (Å²) in [4.78, 5) is 13.1. The highest BCUT2D eigenvalue weighted by Gasteiger charge is 2.01. The van der Waals surface area contributed by atoms with E-state index < -0.39 is 4.92 Å². The predicted octanol–water partition coefficient (Wildman–Crippen LogP) is 2.87. The van der Waals surface area contributed by atoms with Crippen molar-refractivity contribution in [2.24, 2.45) is 0 Å². The van der Waals surface area contributed by atoms with Gasteiger partial charge in [-0.15, -0.1) is 0 Å². The van der Waals surface area contributed by atoms with E-state index in [1.54, 1.807) is 24.3 Å². The lowest BCUT2D eigenvalue weighted by Gasteiger charge is -1.93. The summed E-state index contributed by atoms with van der Waals surface area (Å²) in [5, 5.41) is 10.3. The van der Waals surface area contributed by atoms with Gasteiger partial charge in [0.05, 0.1) is 11.5 Å². The monoisotopic (exact) mass is 188 g/mol. The molecule has 0 amide bonds. The van der Waals surface area contributed by atoms with Crippen LogP contribution in [0.1, 0.15) is 12.5 Å². The minimum atomic E-state index is -0.442. The third-order valence-electron chi connectivity index (χ3n) is 1.69. The molecule has 14 heavy (non-hydrogen) atoms. The molecule has 0 spiro atoms. The summed E-state index contributed by atoms with van der Waals surface area (Å²) in [6, 6.07) is 6.62. The highest BCUT2D eigenvalue weighted by atomic mass is 16.6. The molecule has 0 N–H and O–H groups in total. The maximum Gasteiger partial charge on any atom is 0.243 e. The van der Waals surface area contributed by atoms with E-state index in [9.17, 15) is 10.1 Å². The van der Waals surface area contributed by atoms with E-state index in [1.165, 1.54) is 13.0 Å². The summed E-state index contributed by atoms with van der Waals surface area (Å²) in [5.41, 5.74) is 1.34. The van der Waals surface area contributed by atoms with Crippen molar-refractivity contribution in [1.29, 1.82) is 0 Å². The van der Waals surface area contributed by atoms with Crippen molar-refractivity contribution >= 4 is 11.8 Å². The van der Waals surface area contributed by atoms with Crippen LogP contribution in [-0.2, 0) is 0 Å². The summed E-state index contributed by atoms with van der Waals surface area (Å²) >= 11 is 0. The Balaban J connectivity index is 2.95. The molecule has 0 atom stereocenters. The van der Waals surface area contributed by atoms with E-state index in [0.29, 0.717) is 5.69 Å². The van der Waals surface area contributed by atoms with Crippen molar-refractivity contribution in [2.75, 3.05) is 0 Å². The zero-order valence-corrected chi connectivity index (χ0v) is 7.60. The van der Waals surface area contributed by atoms with Gasteiger partial charge in [0.2, 0.25) is 5.70 Å². The normalized spacial score (nSPS) is 10.7. The van der Waals surface area contributed by atoms with E-state index in [4.69, 9.17) is 6.57 Å². The quantitative estimate of drug-likeness (QED) is 0.407. The average molecular weight is 188 g/mol. The van der Waals surface area contributed by atoms with Gasteiger partial charge in [0.25, 0.3) is 0 Å². The molecular formula is C10H8N2O2. The second kappa shape index (κ2) is 4.19. The second-order valence-electron chi connectivity index (χ2n) is 2.75. The Morgan fingerprint density at radius 2 is 2.07 bits per heavy atom. The highest BCUT2D eigenvalue weighted by molar-refractivity contribution is 5.56. The van der Waals surface area contributed by atoms with Gasteiger partial charge in [-0.25, -0.2) is 4.85 Å². The zero-order chi connectivity index (χ0) is 10.6. The van der Waals surface area contributed by atoms with Crippen molar-refractivity contribution < 1.29 is 4.92 Å². The molecule has 0 saturated heterocycles. The van der Waals surface area contributed by atoms with Crippen LogP contribution in [-0.4, -0.2) is 4.92 Å². The lowest BCUT2D eigenvalue weighted by Crippen LogP contribution is -1.92. The van der Waals surface area contributed by atoms with Gasteiger partial charge < -0.3 is 0 Å². The first kappa shape index (κ1) is 9.93. The molecule has 0 fully saturated rings. The number of nitrogens with zero attached hydrogens (tertiary/aromatic N) is 2. The zero-order valence-electron chi connectivity index (χ0n) is 7.60. The van der Waals surface area contributed by atoms with Gasteiger partial charge >= 0.3 is 0 Å². The van der Waals surface area contributed by atoms with Crippen molar-refractivity contribution in [2.45, 2.75) is 6.92 Å². The number of rotatable bonds is 2. The lowest BCUT2D eigenvalue weighted by atomic mass is 10.2. The Labute approximate surface area is 81.5 Å². The molecule has 0 radical (unpaired) electrons. The van der Waals surface area contributed by atoms with Crippen LogP contribution in [0.25, 0.3) is 10.9 Å². The van der Waals surface area contributed by atoms with Gasteiger partial charge in [0.1, 0.15) is 0 Å². The summed E-state index contributed by atoms with van der Waals surface area (Å²) in [7, 11) is 0. The lowest BCUT2D eigenvalue weighted by molar-refractivity contribution is -0.422. The molecule has 0 aliphatic carbocycles. The third-order valence-corrected chi connectivity index (χ3v) is 1.69. The van der Waals surface area contributed by atoms with Crippen molar-refractivity contribution in [3.63, 3.8) is 0 Å².